The van der Waals surface area contributed by atoms with Crippen LogP contribution in [0, 0.1) is 5.92 Å². The van der Waals surface area contributed by atoms with Gasteiger partial charge in [-0.3, -0.25) is 4.79 Å². The number of amides is 1. The Hall–Kier alpha value is -2.30. The Morgan fingerprint density at radius 1 is 1.35 bits per heavy atom. The smallest absolute Gasteiger partial charge is 0.335 e. The van der Waals surface area contributed by atoms with E-state index in [1.54, 1.807) is 18.2 Å². The highest BCUT2D eigenvalue weighted by Gasteiger charge is 2.27. The molecule has 20 heavy (non-hydrogen) atoms. The van der Waals surface area contributed by atoms with E-state index in [0.29, 0.717) is 12.2 Å². The number of carboxylic acid groups (broad SMARTS) is 1. The Kier molecular flexibility index (Phi) is 2.78. The summed E-state index contributed by atoms with van der Waals surface area (Å²) in [6.07, 6.45) is 0. The van der Waals surface area contributed by atoms with Gasteiger partial charge < -0.3 is 15.0 Å². The fourth-order valence-corrected chi connectivity index (χ4v) is 2.74. The van der Waals surface area contributed by atoms with Crippen LogP contribution in [-0.4, -0.2) is 28.1 Å². The van der Waals surface area contributed by atoms with Crippen LogP contribution in [0.4, 0.5) is 0 Å². The lowest BCUT2D eigenvalue weighted by atomic mass is 10.0. The molecule has 1 aliphatic heterocycles. The van der Waals surface area contributed by atoms with Crippen LogP contribution in [0.1, 0.15) is 40.7 Å². The number of carboxylic acids is 1. The van der Waals surface area contributed by atoms with E-state index in [9.17, 15) is 9.59 Å². The van der Waals surface area contributed by atoms with Gasteiger partial charge in [0, 0.05) is 23.5 Å². The summed E-state index contributed by atoms with van der Waals surface area (Å²) in [4.78, 5) is 23.3. The maximum absolute atomic E-state index is 12.1. The van der Waals surface area contributed by atoms with E-state index in [1.165, 1.54) is 0 Å². The van der Waals surface area contributed by atoms with Gasteiger partial charge in [-0.2, -0.15) is 0 Å². The Bertz CT molecular complexity index is 717. The van der Waals surface area contributed by atoms with Crippen LogP contribution in [0.2, 0.25) is 0 Å². The van der Waals surface area contributed by atoms with Crippen LogP contribution in [0.15, 0.2) is 24.3 Å². The van der Waals surface area contributed by atoms with Gasteiger partial charge in [0.15, 0.2) is 0 Å². The number of hydrogen-bond donors (Lipinski definition) is 2. The highest BCUT2D eigenvalue weighted by molar-refractivity contribution is 6.01. The third kappa shape index (κ3) is 1.78. The summed E-state index contributed by atoms with van der Waals surface area (Å²) in [6, 6.07) is 6.92. The van der Waals surface area contributed by atoms with Gasteiger partial charge >= 0.3 is 5.97 Å². The zero-order chi connectivity index (χ0) is 14.4. The van der Waals surface area contributed by atoms with E-state index in [-0.39, 0.29) is 23.4 Å². The molecular formula is C15H16N2O3. The largest absolute Gasteiger partial charge is 0.478 e. The van der Waals surface area contributed by atoms with E-state index < -0.39 is 5.97 Å². The minimum atomic E-state index is -0.957. The van der Waals surface area contributed by atoms with Crippen LogP contribution < -0.4 is 5.32 Å². The van der Waals surface area contributed by atoms with Crippen molar-refractivity contribution < 1.29 is 14.7 Å². The molecule has 2 heterocycles. The Labute approximate surface area is 116 Å². The van der Waals surface area contributed by atoms with Crippen LogP contribution in [-0.2, 0) is 0 Å². The van der Waals surface area contributed by atoms with Crippen molar-refractivity contribution in [3.63, 3.8) is 0 Å². The molecule has 1 aromatic heterocycles. The number of nitrogens with one attached hydrogen (secondary N) is 1. The van der Waals surface area contributed by atoms with Gasteiger partial charge in [0.1, 0.15) is 5.69 Å². The highest BCUT2D eigenvalue weighted by atomic mass is 16.4. The summed E-state index contributed by atoms with van der Waals surface area (Å²) in [7, 11) is 0. The van der Waals surface area contributed by atoms with Crippen LogP contribution in [0.25, 0.3) is 10.9 Å². The molecular weight excluding hydrogens is 256 g/mol. The molecule has 0 unspecified atom stereocenters. The summed E-state index contributed by atoms with van der Waals surface area (Å²) < 4.78 is 1.95. The molecule has 0 spiro atoms. The van der Waals surface area contributed by atoms with E-state index >= 15 is 0 Å². The molecule has 1 amide bonds. The minimum absolute atomic E-state index is 0.103. The molecule has 2 N–H and O–H groups in total. The molecule has 0 radical (unpaired) electrons. The molecule has 0 saturated carbocycles. The van der Waals surface area contributed by atoms with Crippen molar-refractivity contribution in [1.29, 1.82) is 0 Å². The number of fused-ring (bicyclic) bond motifs is 3. The maximum Gasteiger partial charge on any atom is 0.335 e. The Balaban J connectivity index is 2.30. The van der Waals surface area contributed by atoms with Gasteiger partial charge in [-0.1, -0.05) is 13.0 Å². The molecule has 2 atom stereocenters. The highest BCUT2D eigenvalue weighted by Crippen LogP contribution is 2.30. The minimum Gasteiger partial charge on any atom is -0.478 e. The molecule has 0 saturated heterocycles. The number of aromatic carboxylic acids is 1. The van der Waals surface area contributed by atoms with Crippen molar-refractivity contribution in [3.05, 3.63) is 35.5 Å². The number of nitrogens with zero attached hydrogens (tertiary/aromatic N) is 1. The van der Waals surface area contributed by atoms with Gasteiger partial charge in [-0.25, -0.2) is 4.79 Å². The number of aromatic nitrogens is 1. The Morgan fingerprint density at radius 2 is 2.10 bits per heavy atom. The second-order valence-corrected chi connectivity index (χ2v) is 5.41. The fourth-order valence-electron chi connectivity index (χ4n) is 2.74. The predicted molar refractivity (Wildman–Crippen MR) is 75.1 cm³/mol. The molecule has 3 rings (SSSR count). The molecule has 0 bridgehead atoms. The maximum atomic E-state index is 12.1. The molecule has 0 aliphatic carbocycles. The average molecular weight is 272 g/mol. The third-order valence-electron chi connectivity index (χ3n) is 4.14. The number of carbonyl (C=O) groups excluding carboxylic acids is 1. The molecule has 0 fully saturated rings. The molecule has 2 aromatic rings. The van der Waals surface area contributed by atoms with Gasteiger partial charge in [0.05, 0.1) is 5.56 Å². The summed E-state index contributed by atoms with van der Waals surface area (Å²) >= 11 is 0. The monoisotopic (exact) mass is 272 g/mol. The van der Waals surface area contributed by atoms with Crippen molar-refractivity contribution in [2.75, 3.05) is 6.54 Å². The second kappa shape index (κ2) is 4.37. The fraction of sp³-hybridized carbons (Fsp3) is 0.333. The Morgan fingerprint density at radius 3 is 2.80 bits per heavy atom. The van der Waals surface area contributed by atoms with Crippen LogP contribution in [0.5, 0.6) is 0 Å². The van der Waals surface area contributed by atoms with Crippen molar-refractivity contribution in [1.82, 2.24) is 9.88 Å². The third-order valence-corrected chi connectivity index (χ3v) is 4.14. The van der Waals surface area contributed by atoms with Crippen LogP contribution in [0.3, 0.4) is 0 Å². The van der Waals surface area contributed by atoms with E-state index in [2.05, 4.69) is 19.2 Å². The summed E-state index contributed by atoms with van der Waals surface area (Å²) in [5.41, 5.74) is 1.64. The zero-order valence-corrected chi connectivity index (χ0v) is 11.4. The number of benzene rings is 1. The summed E-state index contributed by atoms with van der Waals surface area (Å²) in [5.74, 6) is -0.778. The standard InChI is InChI=1S/C15H16N2O3/c1-8-7-16-14(18)13-5-10-3-4-11(15(19)20)6-12(10)17(13)9(8)2/h3-6,8-9H,7H2,1-2H3,(H,16,18)(H,19,20)/t8-,9-/m1/s1. The zero-order valence-electron chi connectivity index (χ0n) is 11.4. The molecule has 5 heteroatoms. The molecule has 5 nitrogen and oxygen atoms in total. The van der Waals surface area contributed by atoms with Crippen molar-refractivity contribution in [2.45, 2.75) is 19.9 Å². The lowest BCUT2D eigenvalue weighted by Crippen LogP contribution is -2.26. The number of carbonyl (C=O) groups is 2. The lowest BCUT2D eigenvalue weighted by Gasteiger charge is -2.20. The molecule has 104 valence electrons. The van der Waals surface area contributed by atoms with E-state index in [1.807, 2.05) is 10.6 Å². The molecule has 1 aromatic carbocycles. The molecule has 1 aliphatic rings. The van der Waals surface area contributed by atoms with Gasteiger partial charge in [-0.15, -0.1) is 0 Å². The average Bonchev–Trinajstić information content (AvgIpc) is 2.77. The summed E-state index contributed by atoms with van der Waals surface area (Å²) in [5, 5.41) is 12.9. The van der Waals surface area contributed by atoms with Crippen molar-refractivity contribution in [2.24, 2.45) is 5.92 Å². The van der Waals surface area contributed by atoms with Gasteiger partial charge in [-0.05, 0) is 31.0 Å². The van der Waals surface area contributed by atoms with E-state index in [0.717, 1.165) is 10.9 Å². The first kappa shape index (κ1) is 12.7. The first-order valence-corrected chi connectivity index (χ1v) is 6.65. The normalized spacial score (nSPS) is 22.2. The van der Waals surface area contributed by atoms with Gasteiger partial charge in [0.2, 0.25) is 0 Å². The SMILES string of the molecule is C[C@@H]1CNC(=O)c2cc3ccc(C(=O)O)cc3n2[C@@H]1C. The first-order valence-electron chi connectivity index (χ1n) is 6.65. The second-order valence-electron chi connectivity index (χ2n) is 5.41. The topological polar surface area (TPSA) is 71.3 Å². The summed E-state index contributed by atoms with van der Waals surface area (Å²) in [6.45, 7) is 4.76. The predicted octanol–water partition coefficient (Wildman–Crippen LogP) is 2.28. The lowest BCUT2D eigenvalue weighted by molar-refractivity contribution is 0.0696. The number of rotatable bonds is 1. The van der Waals surface area contributed by atoms with Crippen molar-refractivity contribution >= 4 is 22.8 Å². The van der Waals surface area contributed by atoms with Crippen molar-refractivity contribution in [3.8, 4) is 0 Å². The first-order chi connectivity index (χ1) is 9.49. The van der Waals surface area contributed by atoms with E-state index in [4.69, 9.17) is 5.11 Å². The van der Waals surface area contributed by atoms with Crippen LogP contribution >= 0.6 is 0 Å². The van der Waals surface area contributed by atoms with Gasteiger partial charge in [0.25, 0.3) is 5.91 Å². The quantitative estimate of drug-likeness (QED) is 0.836. The number of hydrogen-bond acceptors (Lipinski definition) is 2.